The van der Waals surface area contributed by atoms with Crippen molar-refractivity contribution in [3.63, 3.8) is 0 Å². The number of hydrogen-bond acceptors (Lipinski definition) is 6. The van der Waals surface area contributed by atoms with Gasteiger partial charge in [0.25, 0.3) is 0 Å². The van der Waals surface area contributed by atoms with Crippen LogP contribution in [0.4, 0.5) is 11.6 Å². The lowest BCUT2D eigenvalue weighted by atomic mass is 10.3. The van der Waals surface area contributed by atoms with Crippen molar-refractivity contribution in [2.24, 2.45) is 0 Å². The number of nitrogens with zero attached hydrogens (tertiary/aromatic N) is 5. The van der Waals surface area contributed by atoms with E-state index in [1.165, 1.54) is 6.33 Å². The maximum absolute atomic E-state index is 10.6. The highest BCUT2D eigenvalue weighted by molar-refractivity contribution is 5.51. The van der Waals surface area contributed by atoms with Gasteiger partial charge in [0.15, 0.2) is 0 Å². The predicted molar refractivity (Wildman–Crippen MR) is 66.0 cm³/mol. The lowest BCUT2D eigenvalue weighted by Crippen LogP contribution is -2.46. The number of nitrogens with one attached hydrogen (secondary N) is 1. The monoisotopic (exact) mass is 246 g/mol. The molecular weight excluding hydrogens is 232 g/mol. The molecule has 0 radical (unpaired) electrons. The Morgan fingerprint density at radius 1 is 1.39 bits per heavy atom. The molecule has 1 aromatic rings. The number of amides is 1. The van der Waals surface area contributed by atoms with E-state index in [9.17, 15) is 4.79 Å². The first-order valence-corrected chi connectivity index (χ1v) is 5.70. The quantitative estimate of drug-likeness (QED) is 0.579. The molecule has 1 fully saturated rings. The topological polar surface area (TPSA) is 85.2 Å². The SMILES string of the molecule is N#CCNc1cc(N2CCN(C=O)CC2)ncn1. The molecule has 0 saturated carbocycles. The van der Waals surface area contributed by atoms with Crippen LogP contribution in [0.15, 0.2) is 12.4 Å². The number of carbonyl (C=O) groups excluding carboxylic acids is 1. The zero-order valence-electron chi connectivity index (χ0n) is 9.91. The van der Waals surface area contributed by atoms with Gasteiger partial charge in [0.05, 0.1) is 6.07 Å². The second kappa shape index (κ2) is 5.82. The van der Waals surface area contributed by atoms with Gasteiger partial charge in [-0.05, 0) is 0 Å². The molecule has 1 N–H and O–H groups in total. The third kappa shape index (κ3) is 2.85. The first-order valence-electron chi connectivity index (χ1n) is 5.70. The molecular formula is C11H14N6O. The largest absolute Gasteiger partial charge is 0.357 e. The van der Waals surface area contributed by atoms with E-state index in [0.717, 1.165) is 25.3 Å². The normalized spacial score (nSPS) is 15.1. The first-order chi connectivity index (χ1) is 8.83. The van der Waals surface area contributed by atoms with Crippen molar-refractivity contribution in [1.82, 2.24) is 14.9 Å². The predicted octanol–water partition coefficient (Wildman–Crippen LogP) is -0.310. The standard InChI is InChI=1S/C11H14N6O/c12-1-2-13-10-7-11(15-8-14-10)17-5-3-16(9-18)4-6-17/h7-9H,2-6H2,(H,13,14,15). The highest BCUT2D eigenvalue weighted by Crippen LogP contribution is 2.15. The molecule has 1 amide bonds. The smallest absolute Gasteiger partial charge is 0.209 e. The van der Waals surface area contributed by atoms with E-state index < -0.39 is 0 Å². The van der Waals surface area contributed by atoms with Gasteiger partial charge in [0.2, 0.25) is 6.41 Å². The van der Waals surface area contributed by atoms with Crippen LogP contribution in [-0.4, -0.2) is 54.0 Å². The summed E-state index contributed by atoms with van der Waals surface area (Å²) in [4.78, 5) is 22.7. The van der Waals surface area contributed by atoms with Crippen LogP contribution in [0, 0.1) is 11.3 Å². The van der Waals surface area contributed by atoms with Crippen LogP contribution >= 0.6 is 0 Å². The van der Waals surface area contributed by atoms with Crippen LogP contribution in [0.1, 0.15) is 0 Å². The van der Waals surface area contributed by atoms with Crippen molar-refractivity contribution in [1.29, 1.82) is 5.26 Å². The highest BCUT2D eigenvalue weighted by Gasteiger charge is 2.16. The summed E-state index contributed by atoms with van der Waals surface area (Å²) in [6.45, 7) is 3.14. The molecule has 7 heteroatoms. The number of rotatable bonds is 4. The number of carbonyl (C=O) groups is 1. The van der Waals surface area contributed by atoms with Crippen LogP contribution in [0.3, 0.4) is 0 Å². The van der Waals surface area contributed by atoms with Crippen LogP contribution in [0.5, 0.6) is 0 Å². The maximum Gasteiger partial charge on any atom is 0.209 e. The minimum absolute atomic E-state index is 0.218. The van der Waals surface area contributed by atoms with Gasteiger partial charge in [-0.15, -0.1) is 0 Å². The Morgan fingerprint density at radius 2 is 2.17 bits per heavy atom. The summed E-state index contributed by atoms with van der Waals surface area (Å²) in [5.74, 6) is 1.45. The van der Waals surface area contributed by atoms with E-state index in [-0.39, 0.29) is 6.54 Å². The zero-order valence-corrected chi connectivity index (χ0v) is 9.91. The van der Waals surface area contributed by atoms with Gasteiger partial charge < -0.3 is 15.1 Å². The minimum Gasteiger partial charge on any atom is -0.357 e. The summed E-state index contributed by atoms with van der Waals surface area (Å²) < 4.78 is 0. The van der Waals surface area contributed by atoms with Crippen molar-refractivity contribution in [2.75, 3.05) is 42.9 Å². The average molecular weight is 246 g/mol. The van der Waals surface area contributed by atoms with Crippen LogP contribution in [0.2, 0.25) is 0 Å². The molecule has 2 rings (SSSR count). The molecule has 1 aliphatic heterocycles. The summed E-state index contributed by atoms with van der Waals surface area (Å²) in [7, 11) is 0. The summed E-state index contributed by atoms with van der Waals surface area (Å²) in [6, 6.07) is 3.81. The maximum atomic E-state index is 10.6. The Morgan fingerprint density at radius 3 is 2.83 bits per heavy atom. The summed E-state index contributed by atoms with van der Waals surface area (Å²) in [5, 5.41) is 11.4. The van der Waals surface area contributed by atoms with E-state index in [1.54, 1.807) is 4.90 Å². The zero-order chi connectivity index (χ0) is 12.8. The molecule has 0 aliphatic carbocycles. The molecule has 0 spiro atoms. The Bertz CT molecular complexity index is 449. The Labute approximate surface area is 105 Å². The summed E-state index contributed by atoms with van der Waals surface area (Å²) >= 11 is 0. The number of piperazine rings is 1. The van der Waals surface area contributed by atoms with Gasteiger partial charge >= 0.3 is 0 Å². The second-order valence-electron chi connectivity index (χ2n) is 3.90. The second-order valence-corrected chi connectivity index (χ2v) is 3.90. The Hall–Kier alpha value is -2.36. The fourth-order valence-electron chi connectivity index (χ4n) is 1.80. The molecule has 2 heterocycles. The molecule has 1 saturated heterocycles. The van der Waals surface area contributed by atoms with E-state index in [1.807, 2.05) is 12.1 Å². The molecule has 1 aliphatic rings. The third-order valence-electron chi connectivity index (χ3n) is 2.79. The van der Waals surface area contributed by atoms with Crippen molar-refractivity contribution < 1.29 is 4.79 Å². The van der Waals surface area contributed by atoms with E-state index >= 15 is 0 Å². The number of hydrogen-bond donors (Lipinski definition) is 1. The summed E-state index contributed by atoms with van der Waals surface area (Å²) in [6.07, 6.45) is 2.35. The number of nitriles is 1. The molecule has 0 aromatic carbocycles. The summed E-state index contributed by atoms with van der Waals surface area (Å²) in [5.41, 5.74) is 0. The van der Waals surface area contributed by atoms with Crippen molar-refractivity contribution >= 4 is 18.0 Å². The molecule has 0 bridgehead atoms. The van der Waals surface area contributed by atoms with Gasteiger partial charge in [0, 0.05) is 32.2 Å². The van der Waals surface area contributed by atoms with Crippen molar-refractivity contribution in [3.05, 3.63) is 12.4 Å². The molecule has 94 valence electrons. The van der Waals surface area contributed by atoms with Gasteiger partial charge in [-0.25, -0.2) is 9.97 Å². The van der Waals surface area contributed by atoms with Gasteiger partial charge in [-0.1, -0.05) is 0 Å². The Balaban J connectivity index is 2.01. The lowest BCUT2D eigenvalue weighted by molar-refractivity contribution is -0.118. The molecule has 0 unspecified atom stereocenters. The van der Waals surface area contributed by atoms with Gasteiger partial charge in [0.1, 0.15) is 24.5 Å². The van der Waals surface area contributed by atoms with E-state index in [4.69, 9.17) is 5.26 Å². The molecule has 1 aromatic heterocycles. The van der Waals surface area contributed by atoms with E-state index in [0.29, 0.717) is 18.9 Å². The number of aromatic nitrogens is 2. The van der Waals surface area contributed by atoms with Gasteiger partial charge in [-0.3, -0.25) is 4.79 Å². The van der Waals surface area contributed by atoms with Crippen LogP contribution in [0.25, 0.3) is 0 Å². The van der Waals surface area contributed by atoms with E-state index in [2.05, 4.69) is 20.2 Å². The molecule has 7 nitrogen and oxygen atoms in total. The highest BCUT2D eigenvalue weighted by atomic mass is 16.1. The van der Waals surface area contributed by atoms with Crippen LogP contribution in [-0.2, 0) is 4.79 Å². The minimum atomic E-state index is 0.218. The van der Waals surface area contributed by atoms with Gasteiger partial charge in [-0.2, -0.15) is 5.26 Å². The van der Waals surface area contributed by atoms with Crippen LogP contribution < -0.4 is 10.2 Å². The van der Waals surface area contributed by atoms with Crippen molar-refractivity contribution in [2.45, 2.75) is 0 Å². The average Bonchev–Trinajstić information content (AvgIpc) is 2.45. The number of anilines is 2. The third-order valence-corrected chi connectivity index (χ3v) is 2.79. The van der Waals surface area contributed by atoms with Crippen molar-refractivity contribution in [3.8, 4) is 6.07 Å². The molecule has 0 atom stereocenters. The lowest BCUT2D eigenvalue weighted by Gasteiger charge is -2.33. The fourth-order valence-corrected chi connectivity index (χ4v) is 1.80. The Kier molecular flexibility index (Phi) is 3.91. The first kappa shape index (κ1) is 12.1. The fraction of sp³-hybridized carbons (Fsp3) is 0.455. The molecule has 18 heavy (non-hydrogen) atoms.